The van der Waals surface area contributed by atoms with Gasteiger partial charge in [-0.3, -0.25) is 4.90 Å². The number of ether oxygens (including phenoxy) is 2. The molecule has 2 fully saturated rings. The number of amides is 1. The lowest BCUT2D eigenvalue weighted by molar-refractivity contribution is -0.274. The fourth-order valence-electron chi connectivity index (χ4n) is 5.02. The molecule has 0 radical (unpaired) electrons. The molecule has 2 aliphatic rings. The monoisotopic (exact) mass is 470 g/mol. The van der Waals surface area contributed by atoms with Gasteiger partial charge in [0, 0.05) is 12.2 Å². The van der Waals surface area contributed by atoms with Gasteiger partial charge in [-0.25, -0.2) is 14.6 Å². The molecule has 1 saturated carbocycles. The highest BCUT2D eigenvalue weighted by molar-refractivity contribution is 5.90. The van der Waals surface area contributed by atoms with Crippen LogP contribution in [-0.2, 0) is 11.3 Å². The van der Waals surface area contributed by atoms with Gasteiger partial charge in [-0.05, 0) is 68.0 Å². The summed E-state index contributed by atoms with van der Waals surface area (Å²) >= 11 is 0. The van der Waals surface area contributed by atoms with E-state index in [2.05, 4.69) is 14.6 Å². The largest absolute Gasteiger partial charge is 0.573 e. The number of halogens is 3. The van der Waals surface area contributed by atoms with Crippen LogP contribution in [0.4, 0.5) is 29.3 Å². The van der Waals surface area contributed by atoms with E-state index in [4.69, 9.17) is 11.3 Å². The molecule has 10 heteroatoms. The molecule has 0 unspecified atom stereocenters. The standard InChI is InChI=1S/C24H21F3N4O3/c1-28-17-4-9-20-21(11-17)30(15-29-20)13-16-3-2-10-23(12-16)14-31(22(32)34-23)18-5-7-19(8-6-18)33-24(25,26)27/h4-9,11,15-16H,2-3,10,12-14H2/t16-,23-/m0/s1. The number of nitrogens with zero attached hydrogens (tertiary/aromatic N) is 4. The third kappa shape index (κ3) is 4.38. The van der Waals surface area contributed by atoms with Crippen molar-refractivity contribution in [1.82, 2.24) is 9.55 Å². The van der Waals surface area contributed by atoms with Gasteiger partial charge in [0.2, 0.25) is 0 Å². The van der Waals surface area contributed by atoms with Crippen LogP contribution >= 0.6 is 0 Å². The first-order valence-electron chi connectivity index (χ1n) is 10.9. The van der Waals surface area contributed by atoms with Crippen LogP contribution in [0.2, 0.25) is 0 Å². The van der Waals surface area contributed by atoms with Crippen LogP contribution in [0.15, 0.2) is 48.8 Å². The molecular formula is C24H21F3N4O3. The third-order valence-corrected chi connectivity index (χ3v) is 6.45. The summed E-state index contributed by atoms with van der Waals surface area (Å²) < 4.78 is 49.0. The number of hydrogen-bond acceptors (Lipinski definition) is 4. The van der Waals surface area contributed by atoms with Crippen LogP contribution in [-0.4, -0.2) is 34.2 Å². The third-order valence-electron chi connectivity index (χ3n) is 6.45. The number of benzene rings is 2. The van der Waals surface area contributed by atoms with E-state index in [1.807, 2.05) is 16.7 Å². The highest BCUT2D eigenvalue weighted by Crippen LogP contribution is 2.42. The van der Waals surface area contributed by atoms with Crippen LogP contribution in [0.25, 0.3) is 15.9 Å². The smallest absolute Gasteiger partial charge is 0.441 e. The van der Waals surface area contributed by atoms with Crippen molar-refractivity contribution in [2.45, 2.75) is 44.2 Å². The van der Waals surface area contributed by atoms with Crippen molar-refractivity contribution in [1.29, 1.82) is 0 Å². The summed E-state index contributed by atoms with van der Waals surface area (Å²) in [4.78, 5) is 22.1. The summed E-state index contributed by atoms with van der Waals surface area (Å²) in [5.41, 5.74) is 2.11. The summed E-state index contributed by atoms with van der Waals surface area (Å²) in [5, 5.41) is 0. The molecule has 2 heterocycles. The second-order valence-electron chi connectivity index (χ2n) is 8.82. The minimum absolute atomic E-state index is 0.248. The Hall–Kier alpha value is -3.74. The first-order chi connectivity index (χ1) is 16.2. The zero-order valence-corrected chi connectivity index (χ0v) is 18.1. The average Bonchev–Trinajstić information content (AvgIpc) is 3.33. The molecular weight excluding hydrogens is 449 g/mol. The maximum absolute atomic E-state index is 12.7. The van der Waals surface area contributed by atoms with Gasteiger partial charge in [-0.1, -0.05) is 6.07 Å². The predicted octanol–water partition coefficient (Wildman–Crippen LogP) is 6.07. The highest BCUT2D eigenvalue weighted by atomic mass is 19.4. The summed E-state index contributed by atoms with van der Waals surface area (Å²) in [6.45, 7) is 8.29. The van der Waals surface area contributed by atoms with Crippen molar-refractivity contribution in [2.24, 2.45) is 5.92 Å². The number of hydrogen-bond donors (Lipinski definition) is 0. The second-order valence-corrected chi connectivity index (χ2v) is 8.82. The molecule has 1 aromatic heterocycles. The van der Waals surface area contributed by atoms with E-state index >= 15 is 0 Å². The second kappa shape index (κ2) is 8.24. The van der Waals surface area contributed by atoms with Gasteiger partial charge < -0.3 is 14.0 Å². The molecule has 2 aromatic carbocycles. The van der Waals surface area contributed by atoms with Crippen LogP contribution in [0.5, 0.6) is 5.75 Å². The SMILES string of the molecule is [C-]#[N+]c1ccc2ncn(C[C@H]3CCC[C@]4(C3)CN(c3ccc(OC(F)(F)F)cc3)C(=O)O4)c2c1. The minimum atomic E-state index is -4.77. The van der Waals surface area contributed by atoms with E-state index in [1.165, 1.54) is 29.2 Å². The van der Waals surface area contributed by atoms with Gasteiger partial charge in [0.25, 0.3) is 0 Å². The predicted molar refractivity (Wildman–Crippen MR) is 118 cm³/mol. The lowest BCUT2D eigenvalue weighted by atomic mass is 9.78. The van der Waals surface area contributed by atoms with Crippen LogP contribution in [0.1, 0.15) is 25.7 Å². The number of imidazole rings is 1. The molecule has 176 valence electrons. The van der Waals surface area contributed by atoms with Gasteiger partial charge in [-0.15, -0.1) is 13.2 Å². The number of rotatable bonds is 4. The van der Waals surface area contributed by atoms with Crippen LogP contribution in [0.3, 0.4) is 0 Å². The Bertz CT molecular complexity index is 1270. The molecule has 1 spiro atoms. The normalized spacial score (nSPS) is 22.7. The first-order valence-corrected chi connectivity index (χ1v) is 10.9. The van der Waals surface area contributed by atoms with Crippen molar-refractivity contribution >= 4 is 28.5 Å². The fourth-order valence-corrected chi connectivity index (χ4v) is 5.02. The Labute approximate surface area is 193 Å². The van der Waals surface area contributed by atoms with Crippen molar-refractivity contribution in [3.05, 3.63) is 60.2 Å². The Morgan fingerprint density at radius 2 is 2.03 bits per heavy atom. The number of alkyl halides is 3. The average molecular weight is 470 g/mol. The lowest BCUT2D eigenvalue weighted by Crippen LogP contribution is -2.40. The maximum atomic E-state index is 12.7. The minimum Gasteiger partial charge on any atom is -0.441 e. The highest BCUT2D eigenvalue weighted by Gasteiger charge is 2.48. The summed E-state index contributed by atoms with van der Waals surface area (Å²) in [7, 11) is 0. The van der Waals surface area contributed by atoms with Crippen LogP contribution in [0, 0.1) is 12.5 Å². The van der Waals surface area contributed by atoms with Crippen molar-refractivity contribution in [3.8, 4) is 5.75 Å². The molecule has 1 aliphatic carbocycles. The number of anilines is 1. The van der Waals surface area contributed by atoms with Crippen LogP contribution < -0.4 is 9.64 Å². The zero-order valence-electron chi connectivity index (χ0n) is 18.1. The van der Waals surface area contributed by atoms with Gasteiger partial charge in [0.05, 0.1) is 30.5 Å². The molecule has 7 nitrogen and oxygen atoms in total. The molecule has 3 aromatic rings. The first kappa shape index (κ1) is 22.1. The molecule has 2 atom stereocenters. The molecule has 1 aliphatic heterocycles. The number of fused-ring (bicyclic) bond motifs is 1. The van der Waals surface area contributed by atoms with E-state index in [9.17, 15) is 18.0 Å². The van der Waals surface area contributed by atoms with Crippen molar-refractivity contribution in [3.63, 3.8) is 0 Å². The molecule has 1 amide bonds. The van der Waals surface area contributed by atoms with Gasteiger partial charge in [0.1, 0.15) is 11.4 Å². The lowest BCUT2D eigenvalue weighted by Gasteiger charge is -2.36. The molecule has 34 heavy (non-hydrogen) atoms. The Morgan fingerprint density at radius 1 is 1.24 bits per heavy atom. The quantitative estimate of drug-likeness (QED) is 0.434. The fraction of sp³-hybridized carbons (Fsp3) is 0.375. The van der Waals surface area contributed by atoms with Gasteiger partial charge in [-0.2, -0.15) is 0 Å². The Kier molecular flexibility index (Phi) is 5.35. The van der Waals surface area contributed by atoms with E-state index in [0.717, 1.165) is 30.3 Å². The van der Waals surface area contributed by atoms with Gasteiger partial charge in [0.15, 0.2) is 5.69 Å². The summed E-state index contributed by atoms with van der Waals surface area (Å²) in [6, 6.07) is 10.6. The van der Waals surface area contributed by atoms with E-state index < -0.39 is 18.1 Å². The summed E-state index contributed by atoms with van der Waals surface area (Å²) in [6.07, 6.45) is -0.222. The number of aromatic nitrogens is 2. The van der Waals surface area contributed by atoms with E-state index in [-0.39, 0.29) is 11.7 Å². The van der Waals surface area contributed by atoms with E-state index in [1.54, 1.807) is 12.4 Å². The maximum Gasteiger partial charge on any atom is 0.573 e. The summed E-state index contributed by atoms with van der Waals surface area (Å²) in [5.74, 6) is -0.0942. The number of carbonyl (C=O) groups is 1. The van der Waals surface area contributed by atoms with Gasteiger partial charge >= 0.3 is 12.5 Å². The molecule has 5 rings (SSSR count). The molecule has 0 N–H and O–H groups in total. The Balaban J connectivity index is 1.30. The van der Waals surface area contributed by atoms with Crippen molar-refractivity contribution in [2.75, 3.05) is 11.4 Å². The van der Waals surface area contributed by atoms with E-state index in [0.29, 0.717) is 30.9 Å². The topological polar surface area (TPSA) is 61.0 Å². The zero-order chi connectivity index (χ0) is 23.9. The van der Waals surface area contributed by atoms with Crippen molar-refractivity contribution < 1.29 is 27.4 Å². The number of carbonyl (C=O) groups excluding carboxylic acids is 1. The molecule has 0 bridgehead atoms. The molecule has 1 saturated heterocycles. The Morgan fingerprint density at radius 3 is 2.76 bits per heavy atom.